The second-order valence-electron chi connectivity index (χ2n) is 7.47. The number of carbonyl (C=O) groups is 3. The molecule has 0 saturated heterocycles. The van der Waals surface area contributed by atoms with Crippen molar-refractivity contribution in [1.82, 2.24) is 9.97 Å². The van der Waals surface area contributed by atoms with Crippen LogP contribution in [0.15, 0.2) is 66.7 Å². The Labute approximate surface area is 199 Å². The molecule has 0 saturated carbocycles. The molecule has 0 aliphatic rings. The van der Waals surface area contributed by atoms with E-state index >= 15 is 0 Å². The van der Waals surface area contributed by atoms with Crippen molar-refractivity contribution in [3.05, 3.63) is 82.9 Å². The molecule has 1 amide bonds. The Kier molecular flexibility index (Phi) is 6.60. The summed E-state index contributed by atoms with van der Waals surface area (Å²) >= 11 is 5.86. The second-order valence-corrected chi connectivity index (χ2v) is 7.88. The number of aromatic amines is 1. The maximum absolute atomic E-state index is 12.7. The largest absolute Gasteiger partial charge is 0.478 e. The smallest absolute Gasteiger partial charge is 0.338 e. The molecule has 0 aliphatic carbocycles. The molecule has 34 heavy (non-hydrogen) atoms. The summed E-state index contributed by atoms with van der Waals surface area (Å²) in [6, 6.07) is 18.6. The minimum Gasteiger partial charge on any atom is -0.478 e. The molecule has 3 N–H and O–H groups in total. The van der Waals surface area contributed by atoms with E-state index in [2.05, 4.69) is 15.3 Å². The Morgan fingerprint density at radius 3 is 2.56 bits per heavy atom. The van der Waals surface area contributed by atoms with E-state index in [9.17, 15) is 19.5 Å². The van der Waals surface area contributed by atoms with Crippen LogP contribution in [0.1, 0.15) is 34.1 Å². The molecule has 9 heteroatoms. The molecule has 172 valence electrons. The number of amides is 1. The number of nitrogens with one attached hydrogen (secondary N) is 2. The van der Waals surface area contributed by atoms with Crippen LogP contribution in [0, 0.1) is 0 Å². The van der Waals surface area contributed by atoms with Crippen LogP contribution in [-0.2, 0) is 9.53 Å². The predicted octanol–water partition coefficient (Wildman–Crippen LogP) is 5.16. The van der Waals surface area contributed by atoms with Crippen molar-refractivity contribution < 1.29 is 24.2 Å². The Balaban J connectivity index is 1.48. The zero-order chi connectivity index (χ0) is 24.2. The average Bonchev–Trinajstić information content (AvgIpc) is 3.27. The number of rotatable bonds is 7. The lowest BCUT2D eigenvalue weighted by molar-refractivity contribution is -0.124. The number of ether oxygens (including phenoxy) is 1. The van der Waals surface area contributed by atoms with Crippen molar-refractivity contribution in [2.75, 3.05) is 5.32 Å². The molecule has 1 heterocycles. The van der Waals surface area contributed by atoms with Crippen LogP contribution < -0.4 is 5.32 Å². The first-order valence-corrected chi connectivity index (χ1v) is 10.8. The highest BCUT2D eigenvalue weighted by Gasteiger charge is 2.23. The number of halogens is 1. The van der Waals surface area contributed by atoms with Gasteiger partial charge in [0.05, 0.1) is 27.2 Å². The van der Waals surface area contributed by atoms with E-state index in [1.54, 1.807) is 25.1 Å². The number of esters is 1. The van der Waals surface area contributed by atoms with E-state index < -0.39 is 23.9 Å². The number of imidazole rings is 1. The van der Waals surface area contributed by atoms with Gasteiger partial charge in [0, 0.05) is 11.3 Å². The number of carboxylic acids is 1. The van der Waals surface area contributed by atoms with E-state index in [1.807, 2.05) is 30.3 Å². The fraction of sp³-hybridized carbons (Fsp3) is 0.120. The minimum atomic E-state index is -1.22. The summed E-state index contributed by atoms with van der Waals surface area (Å²) in [5.41, 5.74) is 2.62. The number of carboxylic acid groups (broad SMARTS) is 1. The summed E-state index contributed by atoms with van der Waals surface area (Å²) in [6.07, 6.45) is -0.852. The normalized spacial score (nSPS) is 11.7. The van der Waals surface area contributed by atoms with Crippen molar-refractivity contribution in [2.24, 2.45) is 0 Å². The van der Waals surface area contributed by atoms with Gasteiger partial charge in [0.15, 0.2) is 6.10 Å². The summed E-state index contributed by atoms with van der Waals surface area (Å²) in [7, 11) is 0. The summed E-state index contributed by atoms with van der Waals surface area (Å²) in [6.45, 7) is 1.70. The minimum absolute atomic E-state index is 0.0496. The maximum Gasteiger partial charge on any atom is 0.338 e. The first-order valence-electron chi connectivity index (χ1n) is 10.5. The SMILES string of the molecule is CCC(OC(=O)c1ccc2nc(-c3ccccc3)[nH]c2c1)C(=O)Nc1ccc(Cl)c(C(=O)O)c1. The summed E-state index contributed by atoms with van der Waals surface area (Å²) in [5, 5.41) is 11.8. The zero-order valence-electron chi connectivity index (χ0n) is 18.0. The van der Waals surface area contributed by atoms with Crippen molar-refractivity contribution in [3.8, 4) is 11.4 Å². The first-order chi connectivity index (χ1) is 16.4. The second kappa shape index (κ2) is 9.76. The zero-order valence-corrected chi connectivity index (χ0v) is 18.8. The van der Waals surface area contributed by atoms with Crippen LogP contribution in [-0.4, -0.2) is 39.0 Å². The Bertz CT molecular complexity index is 1380. The highest BCUT2D eigenvalue weighted by Crippen LogP contribution is 2.23. The first kappa shape index (κ1) is 23.0. The van der Waals surface area contributed by atoms with Crippen LogP contribution in [0.5, 0.6) is 0 Å². The number of fused-ring (bicyclic) bond motifs is 1. The van der Waals surface area contributed by atoms with Crippen LogP contribution in [0.4, 0.5) is 5.69 Å². The third-order valence-electron chi connectivity index (χ3n) is 5.14. The number of hydrogen-bond donors (Lipinski definition) is 3. The summed E-state index contributed by atoms with van der Waals surface area (Å²) < 4.78 is 5.43. The van der Waals surface area contributed by atoms with Crippen molar-refractivity contribution in [2.45, 2.75) is 19.4 Å². The molecule has 1 unspecified atom stereocenters. The maximum atomic E-state index is 12.7. The molecule has 4 aromatic rings. The quantitative estimate of drug-likeness (QED) is 0.316. The van der Waals surface area contributed by atoms with Crippen molar-refractivity contribution in [1.29, 1.82) is 0 Å². The predicted molar refractivity (Wildman–Crippen MR) is 128 cm³/mol. The van der Waals surface area contributed by atoms with Gasteiger partial charge in [0.1, 0.15) is 5.82 Å². The molecule has 0 bridgehead atoms. The number of anilines is 1. The van der Waals surface area contributed by atoms with E-state index in [4.69, 9.17) is 16.3 Å². The standard InChI is InChI=1S/C25H20ClN3O5/c1-2-21(23(30)27-16-9-10-18(26)17(13-16)24(31)32)34-25(33)15-8-11-19-20(12-15)29-22(28-19)14-6-4-3-5-7-14/h3-13,21H,2H2,1H3,(H,27,30)(H,28,29)(H,31,32). The average molecular weight is 478 g/mol. The molecule has 0 fully saturated rings. The molecular formula is C25H20ClN3O5. The highest BCUT2D eigenvalue weighted by molar-refractivity contribution is 6.33. The molecule has 8 nitrogen and oxygen atoms in total. The molecule has 0 spiro atoms. The molecular weight excluding hydrogens is 458 g/mol. The molecule has 1 atom stereocenters. The highest BCUT2D eigenvalue weighted by atomic mass is 35.5. The van der Waals surface area contributed by atoms with Gasteiger partial charge in [-0.1, -0.05) is 48.9 Å². The Morgan fingerprint density at radius 1 is 1.09 bits per heavy atom. The number of aromatic carboxylic acids is 1. The fourth-order valence-electron chi connectivity index (χ4n) is 3.38. The topological polar surface area (TPSA) is 121 Å². The van der Waals surface area contributed by atoms with Gasteiger partial charge in [-0.15, -0.1) is 0 Å². The van der Waals surface area contributed by atoms with Gasteiger partial charge in [-0.05, 0) is 42.8 Å². The van der Waals surface area contributed by atoms with E-state index in [0.29, 0.717) is 16.9 Å². The number of hydrogen-bond acceptors (Lipinski definition) is 5. The van der Waals surface area contributed by atoms with Gasteiger partial charge in [0.25, 0.3) is 5.91 Å². The third-order valence-corrected chi connectivity index (χ3v) is 5.47. The summed E-state index contributed by atoms with van der Waals surface area (Å²) in [5.74, 6) is -1.79. The lowest BCUT2D eigenvalue weighted by Crippen LogP contribution is -2.32. The van der Waals surface area contributed by atoms with Crippen molar-refractivity contribution in [3.63, 3.8) is 0 Å². The van der Waals surface area contributed by atoms with Crippen molar-refractivity contribution >= 4 is 46.2 Å². The number of carbonyl (C=O) groups excluding carboxylic acids is 2. The number of H-pyrrole nitrogens is 1. The van der Waals surface area contributed by atoms with E-state index in [-0.39, 0.29) is 28.3 Å². The van der Waals surface area contributed by atoms with Gasteiger partial charge in [0.2, 0.25) is 0 Å². The van der Waals surface area contributed by atoms with E-state index in [1.165, 1.54) is 18.2 Å². The van der Waals surface area contributed by atoms with E-state index in [0.717, 1.165) is 5.56 Å². The van der Waals surface area contributed by atoms with Gasteiger partial charge in [-0.25, -0.2) is 14.6 Å². The van der Waals surface area contributed by atoms with Gasteiger partial charge in [-0.2, -0.15) is 0 Å². The van der Waals surface area contributed by atoms with Crippen LogP contribution >= 0.6 is 11.6 Å². The monoisotopic (exact) mass is 477 g/mol. The number of nitrogens with zero attached hydrogens (tertiary/aromatic N) is 1. The Morgan fingerprint density at radius 2 is 1.85 bits per heavy atom. The summed E-state index contributed by atoms with van der Waals surface area (Å²) in [4.78, 5) is 44.4. The molecule has 4 rings (SSSR count). The number of benzene rings is 3. The van der Waals surface area contributed by atoms with Crippen LogP contribution in [0.25, 0.3) is 22.4 Å². The molecule has 0 aliphatic heterocycles. The fourth-order valence-corrected chi connectivity index (χ4v) is 3.58. The van der Waals surface area contributed by atoms with Crippen LogP contribution in [0.3, 0.4) is 0 Å². The molecule has 0 radical (unpaired) electrons. The lowest BCUT2D eigenvalue weighted by atomic mass is 10.1. The van der Waals surface area contributed by atoms with Gasteiger partial charge >= 0.3 is 11.9 Å². The Hall–Kier alpha value is -4.17. The van der Waals surface area contributed by atoms with Gasteiger partial charge in [-0.3, -0.25) is 4.79 Å². The lowest BCUT2D eigenvalue weighted by Gasteiger charge is -2.16. The molecule has 1 aromatic heterocycles. The third kappa shape index (κ3) is 4.92. The van der Waals surface area contributed by atoms with Gasteiger partial charge < -0.3 is 20.1 Å². The van der Waals surface area contributed by atoms with Crippen LogP contribution in [0.2, 0.25) is 5.02 Å². The number of aromatic nitrogens is 2. The molecule has 3 aromatic carbocycles.